The fourth-order valence-corrected chi connectivity index (χ4v) is 2.90. The molecule has 0 aromatic heterocycles. The molecule has 5 N–H and O–H groups in total. The number of aliphatic hydroxyl groups is 1. The van der Waals surface area contributed by atoms with Gasteiger partial charge in [-0.25, -0.2) is 4.79 Å². The summed E-state index contributed by atoms with van der Waals surface area (Å²) in [6.45, 7) is 3.66. The fraction of sp³-hybridized carbons (Fsp3) is 0.556. The van der Waals surface area contributed by atoms with Gasteiger partial charge in [0.15, 0.2) is 0 Å². The van der Waals surface area contributed by atoms with Crippen LogP contribution in [0.2, 0.25) is 0 Å². The van der Waals surface area contributed by atoms with Crippen LogP contribution in [-0.4, -0.2) is 67.8 Å². The molecular formula is C18H29N5O3. The van der Waals surface area contributed by atoms with Crippen molar-refractivity contribution in [2.75, 3.05) is 50.9 Å². The zero-order valence-corrected chi connectivity index (χ0v) is 15.7. The van der Waals surface area contributed by atoms with Gasteiger partial charge < -0.3 is 31.3 Å². The molecule has 1 aromatic rings. The number of anilines is 2. The molecule has 144 valence electrons. The number of urea groups is 1. The number of likely N-dealkylation sites (N-methyl/N-ethyl adjacent to an activating group) is 1. The van der Waals surface area contributed by atoms with Crippen molar-refractivity contribution in [2.24, 2.45) is 0 Å². The Morgan fingerprint density at radius 2 is 1.96 bits per heavy atom. The number of nitrogens with one attached hydrogen (secondary N) is 4. The minimum Gasteiger partial charge on any atom is -0.387 e. The Hall–Kier alpha value is -2.16. The number of amides is 3. The van der Waals surface area contributed by atoms with Gasteiger partial charge in [-0.05, 0) is 58.1 Å². The molecular weight excluding hydrogens is 334 g/mol. The smallest absolute Gasteiger partial charge is 0.319 e. The number of benzene rings is 1. The summed E-state index contributed by atoms with van der Waals surface area (Å²) in [5.41, 5.74) is 1.13. The number of rotatable bonds is 6. The van der Waals surface area contributed by atoms with Gasteiger partial charge in [0.2, 0.25) is 5.91 Å². The maximum Gasteiger partial charge on any atom is 0.319 e. The van der Waals surface area contributed by atoms with Crippen molar-refractivity contribution in [1.29, 1.82) is 0 Å². The molecule has 0 spiro atoms. The van der Waals surface area contributed by atoms with E-state index in [0.717, 1.165) is 18.5 Å². The normalized spacial score (nSPS) is 19.9. The largest absolute Gasteiger partial charge is 0.387 e. The SMILES string of the molecule is Cc1c(NC(=O)CN(C)C)cccc1NC(=O)NC[C@]1(O)CCCNC1. The molecule has 3 amide bonds. The summed E-state index contributed by atoms with van der Waals surface area (Å²) >= 11 is 0. The van der Waals surface area contributed by atoms with Crippen molar-refractivity contribution in [3.63, 3.8) is 0 Å². The van der Waals surface area contributed by atoms with Gasteiger partial charge in [-0.15, -0.1) is 0 Å². The van der Waals surface area contributed by atoms with E-state index < -0.39 is 5.60 Å². The van der Waals surface area contributed by atoms with Crippen molar-refractivity contribution in [1.82, 2.24) is 15.5 Å². The highest BCUT2D eigenvalue weighted by Crippen LogP contribution is 2.23. The third kappa shape index (κ3) is 5.98. The molecule has 0 aliphatic carbocycles. The highest BCUT2D eigenvalue weighted by molar-refractivity contribution is 5.96. The lowest BCUT2D eigenvalue weighted by Crippen LogP contribution is -2.53. The van der Waals surface area contributed by atoms with Crippen LogP contribution in [0.3, 0.4) is 0 Å². The van der Waals surface area contributed by atoms with E-state index in [2.05, 4.69) is 21.3 Å². The Kier molecular flexibility index (Phi) is 6.96. The molecule has 1 fully saturated rings. The summed E-state index contributed by atoms with van der Waals surface area (Å²) in [5, 5.41) is 21.9. The number of piperidine rings is 1. The Balaban J connectivity index is 1.93. The first-order valence-electron chi connectivity index (χ1n) is 8.81. The van der Waals surface area contributed by atoms with Crippen LogP contribution in [0.25, 0.3) is 0 Å². The minimum absolute atomic E-state index is 0.119. The van der Waals surface area contributed by atoms with E-state index in [-0.39, 0.29) is 25.0 Å². The zero-order valence-electron chi connectivity index (χ0n) is 15.7. The first-order chi connectivity index (χ1) is 12.3. The average molecular weight is 363 g/mol. The monoisotopic (exact) mass is 363 g/mol. The topological polar surface area (TPSA) is 106 Å². The second-order valence-electron chi connectivity index (χ2n) is 7.08. The molecule has 1 aliphatic heterocycles. The summed E-state index contributed by atoms with van der Waals surface area (Å²) in [6.07, 6.45) is 1.54. The van der Waals surface area contributed by atoms with E-state index in [1.807, 2.05) is 21.0 Å². The third-order valence-electron chi connectivity index (χ3n) is 4.34. The van der Waals surface area contributed by atoms with Crippen LogP contribution in [0.5, 0.6) is 0 Å². The Morgan fingerprint density at radius 3 is 2.58 bits per heavy atom. The van der Waals surface area contributed by atoms with Crippen LogP contribution in [0.4, 0.5) is 16.2 Å². The quantitative estimate of drug-likeness (QED) is 0.512. The van der Waals surface area contributed by atoms with E-state index in [1.165, 1.54) is 0 Å². The van der Waals surface area contributed by atoms with Crippen LogP contribution < -0.4 is 21.3 Å². The maximum absolute atomic E-state index is 12.2. The lowest BCUT2D eigenvalue weighted by molar-refractivity contribution is -0.116. The molecule has 1 atom stereocenters. The number of β-amino-alcohol motifs (C(OH)–C–C–N with tert-alkyl or cyclic N) is 1. The number of nitrogens with zero attached hydrogens (tertiary/aromatic N) is 1. The summed E-state index contributed by atoms with van der Waals surface area (Å²) in [7, 11) is 3.65. The van der Waals surface area contributed by atoms with Gasteiger partial charge in [-0.3, -0.25) is 4.79 Å². The standard InChI is InChI=1S/C18H29N5O3/c1-13-14(21-16(24)10-23(2)3)6-4-7-15(13)22-17(25)20-12-18(26)8-5-9-19-11-18/h4,6-7,19,26H,5,8-12H2,1-3H3,(H,21,24)(H2,20,22,25)/t18-/m0/s1. The van der Waals surface area contributed by atoms with E-state index >= 15 is 0 Å². The van der Waals surface area contributed by atoms with Gasteiger partial charge in [0.05, 0.1) is 12.1 Å². The van der Waals surface area contributed by atoms with E-state index in [9.17, 15) is 14.7 Å². The van der Waals surface area contributed by atoms with Crippen molar-refractivity contribution < 1.29 is 14.7 Å². The van der Waals surface area contributed by atoms with E-state index in [4.69, 9.17) is 0 Å². The molecule has 0 unspecified atom stereocenters. The van der Waals surface area contributed by atoms with Crippen LogP contribution in [0, 0.1) is 6.92 Å². The molecule has 26 heavy (non-hydrogen) atoms. The molecule has 8 nitrogen and oxygen atoms in total. The van der Waals surface area contributed by atoms with Crippen LogP contribution in [-0.2, 0) is 4.79 Å². The molecule has 0 radical (unpaired) electrons. The highest BCUT2D eigenvalue weighted by atomic mass is 16.3. The maximum atomic E-state index is 12.2. The summed E-state index contributed by atoms with van der Waals surface area (Å²) in [5.74, 6) is -0.119. The van der Waals surface area contributed by atoms with E-state index in [1.54, 1.807) is 23.1 Å². The summed E-state index contributed by atoms with van der Waals surface area (Å²) in [6, 6.07) is 4.95. The summed E-state index contributed by atoms with van der Waals surface area (Å²) < 4.78 is 0. The van der Waals surface area contributed by atoms with Crippen molar-refractivity contribution in [2.45, 2.75) is 25.4 Å². The van der Waals surface area contributed by atoms with Gasteiger partial charge in [-0.1, -0.05) is 6.07 Å². The number of hydrogen-bond donors (Lipinski definition) is 5. The molecule has 1 saturated heterocycles. The Labute approximate surface area is 154 Å². The zero-order chi connectivity index (χ0) is 19.2. The molecule has 2 rings (SSSR count). The van der Waals surface area contributed by atoms with Gasteiger partial charge in [0.25, 0.3) is 0 Å². The van der Waals surface area contributed by atoms with Gasteiger partial charge in [0.1, 0.15) is 0 Å². The van der Waals surface area contributed by atoms with Crippen LogP contribution >= 0.6 is 0 Å². The van der Waals surface area contributed by atoms with Crippen molar-refractivity contribution >= 4 is 23.3 Å². The lowest BCUT2D eigenvalue weighted by atomic mass is 9.94. The predicted octanol–water partition coefficient (Wildman–Crippen LogP) is 0.731. The molecule has 0 bridgehead atoms. The molecule has 0 saturated carbocycles. The van der Waals surface area contributed by atoms with Crippen LogP contribution in [0.1, 0.15) is 18.4 Å². The Morgan fingerprint density at radius 1 is 1.27 bits per heavy atom. The average Bonchev–Trinajstić information content (AvgIpc) is 2.57. The number of carbonyl (C=O) groups is 2. The molecule has 1 heterocycles. The fourth-order valence-electron chi connectivity index (χ4n) is 2.90. The third-order valence-corrected chi connectivity index (χ3v) is 4.34. The number of hydrogen-bond acceptors (Lipinski definition) is 5. The van der Waals surface area contributed by atoms with Crippen molar-refractivity contribution in [3.8, 4) is 0 Å². The van der Waals surface area contributed by atoms with Crippen LogP contribution in [0.15, 0.2) is 18.2 Å². The second-order valence-corrected chi connectivity index (χ2v) is 7.08. The molecule has 8 heteroatoms. The predicted molar refractivity (Wildman–Crippen MR) is 102 cm³/mol. The van der Waals surface area contributed by atoms with E-state index in [0.29, 0.717) is 24.3 Å². The van der Waals surface area contributed by atoms with Gasteiger partial charge in [0, 0.05) is 24.5 Å². The Bertz CT molecular complexity index is 642. The first kappa shape index (κ1) is 20.2. The van der Waals surface area contributed by atoms with Gasteiger partial charge >= 0.3 is 6.03 Å². The lowest BCUT2D eigenvalue weighted by Gasteiger charge is -2.32. The number of carbonyl (C=O) groups excluding carboxylic acids is 2. The first-order valence-corrected chi connectivity index (χ1v) is 8.81. The highest BCUT2D eigenvalue weighted by Gasteiger charge is 2.29. The van der Waals surface area contributed by atoms with Gasteiger partial charge in [-0.2, -0.15) is 0 Å². The minimum atomic E-state index is -0.910. The second kappa shape index (κ2) is 8.98. The van der Waals surface area contributed by atoms with Crippen molar-refractivity contribution in [3.05, 3.63) is 23.8 Å². The molecule has 1 aliphatic rings. The summed E-state index contributed by atoms with van der Waals surface area (Å²) in [4.78, 5) is 25.9. The molecule has 1 aromatic carbocycles.